The van der Waals surface area contributed by atoms with Crippen molar-refractivity contribution in [1.82, 2.24) is 5.32 Å². The topological polar surface area (TPSA) is 128 Å². The number of amides is 2. The number of ether oxygens (including phenoxy) is 2. The van der Waals surface area contributed by atoms with Crippen LogP contribution in [0.25, 0.3) is 0 Å². The largest absolute Gasteiger partial charge is 0.446 e. The van der Waals surface area contributed by atoms with E-state index >= 15 is 9.59 Å². The average molecular weight is 1000 g/mol. The molecule has 8 fully saturated rings. The molecule has 410 valence electrons. The molecule has 0 aromatic rings. The standard InChI is InChI=1S/C64H108N2O6/c1-14-62(53-33-42(12)17-25-48(53)38(6)7)35-56(72-61(70)66-60(69)71-45-21-19-44(65)20-22-45)64(54-34-43(13)18-26-49(54)39(8)9)52(50-31-40(10)15-23-46(50)36(2)3)27-29-63(30-28-55(67)58(63)64)57(59(62)68)51-32-41(11)16-24-47(51)37(4)5/h14,36-54,56-59,68H,1,15-35,65H2,2-13H3,(H,66,69,70)/t40?,41?,42?,43?,44?,45?,46-,47?,48?,49?,50+,51+,52+,53?,54?,56+,57-,58+,59-,62+,63-,64-/m0/s1. The summed E-state index contributed by atoms with van der Waals surface area (Å²) in [5.74, 6) is 6.24. The Hall–Kier alpha value is -1.93. The van der Waals surface area contributed by atoms with E-state index < -0.39 is 40.6 Å². The second-order valence-electron chi connectivity index (χ2n) is 29.1. The predicted octanol–water partition coefficient (Wildman–Crippen LogP) is 15.2. The predicted molar refractivity (Wildman–Crippen MR) is 292 cm³/mol. The van der Waals surface area contributed by atoms with Crippen molar-refractivity contribution in [2.75, 3.05) is 0 Å². The van der Waals surface area contributed by atoms with Crippen LogP contribution in [0, 0.1) is 129 Å². The average Bonchev–Trinajstić information content (AvgIpc) is 3.66. The molecule has 0 spiro atoms. The quantitative estimate of drug-likeness (QED) is 0.176. The van der Waals surface area contributed by atoms with Gasteiger partial charge in [-0.1, -0.05) is 115 Å². The highest BCUT2D eigenvalue weighted by Gasteiger charge is 2.77. The summed E-state index contributed by atoms with van der Waals surface area (Å²) in [5.41, 5.74) is 4.25. The molecule has 0 aromatic carbocycles. The monoisotopic (exact) mass is 1000 g/mol. The van der Waals surface area contributed by atoms with Crippen LogP contribution in [0.15, 0.2) is 12.7 Å². The third-order valence-electron chi connectivity index (χ3n) is 23.8. The number of nitrogens with one attached hydrogen (secondary N) is 1. The number of hydrogen-bond donors (Lipinski definition) is 3. The zero-order valence-corrected chi connectivity index (χ0v) is 48.0. The zero-order valence-electron chi connectivity index (χ0n) is 48.0. The number of aliphatic hydroxyl groups excluding tert-OH is 1. The molecule has 0 radical (unpaired) electrons. The van der Waals surface area contributed by atoms with Crippen LogP contribution in [0.3, 0.4) is 0 Å². The van der Waals surface area contributed by atoms with E-state index in [1.165, 1.54) is 19.3 Å². The Kier molecular flexibility index (Phi) is 17.6. The molecule has 8 heteroatoms. The van der Waals surface area contributed by atoms with Gasteiger partial charge in [0.25, 0.3) is 0 Å². The maximum absolute atomic E-state index is 16.4. The first kappa shape index (κ1) is 56.3. The lowest BCUT2D eigenvalue weighted by molar-refractivity contribution is -0.267. The Balaban J connectivity index is 1.44. The van der Waals surface area contributed by atoms with E-state index in [9.17, 15) is 9.90 Å². The van der Waals surface area contributed by atoms with Crippen molar-refractivity contribution in [2.24, 2.45) is 134 Å². The number of carbonyl (C=O) groups excluding carboxylic acids is 3. The van der Waals surface area contributed by atoms with E-state index in [0.29, 0.717) is 108 Å². The summed E-state index contributed by atoms with van der Waals surface area (Å²) in [6, 6.07) is 0.0992. The molecule has 20 atom stereocenters. The summed E-state index contributed by atoms with van der Waals surface area (Å²) in [5, 5.41) is 17.4. The third kappa shape index (κ3) is 10.3. The Morgan fingerprint density at radius 3 is 1.67 bits per heavy atom. The smallest absolute Gasteiger partial charge is 0.416 e. The fourth-order valence-electron chi connectivity index (χ4n) is 20.6. The lowest BCUT2D eigenvalue weighted by atomic mass is 9.33. The first-order valence-electron chi connectivity index (χ1n) is 30.9. The fraction of sp³-hybridized carbons (Fsp3) is 0.922. The lowest BCUT2D eigenvalue weighted by Gasteiger charge is -2.71. The van der Waals surface area contributed by atoms with Crippen molar-refractivity contribution < 1.29 is 29.0 Å². The minimum Gasteiger partial charge on any atom is -0.446 e. The molecule has 0 aliphatic heterocycles. The molecule has 4 N–H and O–H groups in total. The van der Waals surface area contributed by atoms with Crippen molar-refractivity contribution in [3.63, 3.8) is 0 Å². The molecule has 0 heterocycles. The molecule has 8 aliphatic carbocycles. The van der Waals surface area contributed by atoms with Gasteiger partial charge in [-0.05, 0) is 215 Å². The molecule has 2 amide bonds. The summed E-state index contributed by atoms with van der Waals surface area (Å²) in [7, 11) is 0. The zero-order chi connectivity index (χ0) is 52.2. The molecule has 8 saturated carbocycles. The Labute approximate surface area is 439 Å². The first-order valence-corrected chi connectivity index (χ1v) is 30.9. The summed E-state index contributed by atoms with van der Waals surface area (Å²) in [6.07, 6.45) is 18.9. The highest BCUT2D eigenvalue weighted by Crippen LogP contribution is 2.77. The van der Waals surface area contributed by atoms with Crippen LogP contribution in [0.4, 0.5) is 9.59 Å². The number of imide groups is 1. The molecule has 8 nitrogen and oxygen atoms in total. The number of rotatable bonds is 11. The van der Waals surface area contributed by atoms with Gasteiger partial charge in [0.2, 0.25) is 0 Å². The molecule has 0 saturated heterocycles. The fourth-order valence-corrected chi connectivity index (χ4v) is 20.6. The lowest BCUT2D eigenvalue weighted by Crippen LogP contribution is -2.72. The van der Waals surface area contributed by atoms with Crippen LogP contribution in [-0.4, -0.2) is 47.4 Å². The SMILES string of the molecule is C=C[C@]1(C2CC(C)CCC2C(C)C)C[C@@H](OC(=O)NC(=O)OC2CCC(N)CC2)[C@@]2(C3CC(C)CCC3C(C)C)[C@@H]([C@@H]3CC(C)CC[C@H]3C(C)C)CC[C@]3(CCC(=O)[C@H]32)[C@@H]([C@@H]2CC(C)CCC2C(C)C)[C@@H]1O. The number of alkyl carbamates (subject to hydrolysis) is 2. The van der Waals surface area contributed by atoms with E-state index in [2.05, 4.69) is 94.5 Å². The number of nitrogens with two attached hydrogens (primary N) is 1. The van der Waals surface area contributed by atoms with Gasteiger partial charge in [-0.3, -0.25) is 4.79 Å². The summed E-state index contributed by atoms with van der Waals surface area (Å²) < 4.78 is 13.5. The van der Waals surface area contributed by atoms with E-state index in [0.717, 1.165) is 89.9 Å². The molecular weight excluding hydrogens is 893 g/mol. The highest BCUT2D eigenvalue weighted by atomic mass is 16.6. The van der Waals surface area contributed by atoms with Crippen molar-refractivity contribution in [1.29, 1.82) is 0 Å². The molecule has 8 aliphatic rings. The van der Waals surface area contributed by atoms with Crippen LogP contribution >= 0.6 is 0 Å². The Morgan fingerprint density at radius 2 is 1.11 bits per heavy atom. The van der Waals surface area contributed by atoms with Gasteiger partial charge < -0.3 is 20.3 Å². The molecule has 0 aromatic heterocycles. The Morgan fingerprint density at radius 1 is 0.625 bits per heavy atom. The molecule has 8 rings (SSSR count). The number of Topliss-reactive ketones (excluding diaryl/α,β-unsaturated/α-hetero) is 1. The second kappa shape index (κ2) is 22.6. The van der Waals surface area contributed by atoms with Crippen molar-refractivity contribution in [3.05, 3.63) is 12.7 Å². The van der Waals surface area contributed by atoms with Crippen LogP contribution in [0.1, 0.15) is 218 Å². The van der Waals surface area contributed by atoms with E-state index in [1.54, 1.807) is 0 Å². The number of carbonyl (C=O) groups is 3. The van der Waals surface area contributed by atoms with Crippen LogP contribution < -0.4 is 11.1 Å². The first-order chi connectivity index (χ1) is 34.1. The van der Waals surface area contributed by atoms with Crippen LogP contribution in [0.5, 0.6) is 0 Å². The van der Waals surface area contributed by atoms with Gasteiger partial charge in [-0.15, -0.1) is 6.58 Å². The molecule has 9 unspecified atom stereocenters. The van der Waals surface area contributed by atoms with Gasteiger partial charge in [0.1, 0.15) is 18.0 Å². The van der Waals surface area contributed by atoms with E-state index in [1.807, 2.05) is 0 Å². The molecule has 2 bridgehead atoms. The van der Waals surface area contributed by atoms with Gasteiger partial charge in [0.15, 0.2) is 0 Å². The third-order valence-corrected chi connectivity index (χ3v) is 23.8. The van der Waals surface area contributed by atoms with Gasteiger partial charge in [-0.2, -0.15) is 0 Å². The normalized spacial score (nSPS) is 47.1. The summed E-state index contributed by atoms with van der Waals surface area (Å²) in [4.78, 5) is 45.9. The summed E-state index contributed by atoms with van der Waals surface area (Å²) >= 11 is 0. The van der Waals surface area contributed by atoms with Gasteiger partial charge >= 0.3 is 12.2 Å². The molecule has 72 heavy (non-hydrogen) atoms. The van der Waals surface area contributed by atoms with E-state index in [-0.39, 0.29) is 47.7 Å². The maximum atomic E-state index is 16.4. The highest BCUT2D eigenvalue weighted by molar-refractivity contribution is 5.88. The minimum absolute atomic E-state index is 0.0921. The Bertz CT molecular complexity index is 1870. The van der Waals surface area contributed by atoms with Crippen molar-refractivity contribution in [2.45, 2.75) is 242 Å². The van der Waals surface area contributed by atoms with E-state index in [4.69, 9.17) is 21.8 Å². The van der Waals surface area contributed by atoms with Crippen LogP contribution in [0.2, 0.25) is 0 Å². The number of ketones is 1. The number of aliphatic hydroxyl groups is 1. The van der Waals surface area contributed by atoms with Gasteiger partial charge in [-0.25, -0.2) is 14.9 Å². The van der Waals surface area contributed by atoms with Gasteiger partial charge in [0, 0.05) is 29.2 Å². The second-order valence-corrected chi connectivity index (χ2v) is 29.1. The summed E-state index contributed by atoms with van der Waals surface area (Å²) in [6.45, 7) is 34.1. The van der Waals surface area contributed by atoms with Crippen molar-refractivity contribution >= 4 is 18.0 Å². The minimum atomic E-state index is -0.815. The molecular formula is C64H108N2O6. The maximum Gasteiger partial charge on any atom is 0.416 e. The van der Waals surface area contributed by atoms with Gasteiger partial charge in [0.05, 0.1) is 6.10 Å². The number of hydrogen-bond acceptors (Lipinski definition) is 7. The van der Waals surface area contributed by atoms with Crippen LogP contribution in [-0.2, 0) is 14.3 Å². The van der Waals surface area contributed by atoms with Crippen molar-refractivity contribution in [3.8, 4) is 0 Å².